The Bertz CT molecular complexity index is 246. The van der Waals surface area contributed by atoms with E-state index in [2.05, 4.69) is 43.3 Å². The topological polar surface area (TPSA) is 18.5 Å². The highest BCUT2D eigenvalue weighted by Gasteiger charge is 2.36. The van der Waals surface area contributed by atoms with Gasteiger partial charge in [-0.1, -0.05) is 0 Å². The molecule has 0 amide bonds. The molecule has 0 spiro atoms. The van der Waals surface area contributed by atoms with E-state index < -0.39 is 0 Å². The minimum Gasteiger partial charge on any atom is -0.317 e. The van der Waals surface area contributed by atoms with Crippen LogP contribution in [0.25, 0.3) is 0 Å². The molecule has 0 radical (unpaired) electrons. The van der Waals surface area contributed by atoms with Crippen LogP contribution in [0.5, 0.6) is 0 Å². The monoisotopic (exact) mass is 253 g/mol. The molecule has 106 valence electrons. The highest BCUT2D eigenvalue weighted by molar-refractivity contribution is 4.91. The van der Waals surface area contributed by atoms with E-state index in [1.165, 1.54) is 45.2 Å². The van der Waals surface area contributed by atoms with Crippen molar-refractivity contribution in [2.75, 3.05) is 41.3 Å². The van der Waals surface area contributed by atoms with Crippen molar-refractivity contribution in [2.24, 2.45) is 11.8 Å². The van der Waals surface area contributed by atoms with E-state index in [1.807, 2.05) is 0 Å². The quantitative estimate of drug-likeness (QED) is 0.822. The van der Waals surface area contributed by atoms with Crippen LogP contribution in [0.1, 0.15) is 32.1 Å². The van der Waals surface area contributed by atoms with E-state index in [4.69, 9.17) is 0 Å². The molecule has 1 aliphatic heterocycles. The van der Waals surface area contributed by atoms with Gasteiger partial charge in [0.25, 0.3) is 0 Å². The van der Waals surface area contributed by atoms with E-state index in [9.17, 15) is 0 Å². The lowest BCUT2D eigenvalue weighted by atomic mass is 9.76. The summed E-state index contributed by atoms with van der Waals surface area (Å²) >= 11 is 0. The van der Waals surface area contributed by atoms with E-state index in [0.717, 1.165) is 23.9 Å². The summed E-state index contributed by atoms with van der Waals surface area (Å²) in [6.45, 7) is 2.59. The largest absolute Gasteiger partial charge is 0.317 e. The smallest absolute Gasteiger partial charge is 0.0158 e. The zero-order valence-corrected chi connectivity index (χ0v) is 12.7. The first-order chi connectivity index (χ1) is 8.61. The molecule has 2 fully saturated rings. The first kappa shape index (κ1) is 14.3. The molecular formula is C15H31N3. The lowest BCUT2D eigenvalue weighted by Crippen LogP contribution is -2.45. The molecule has 3 heteroatoms. The van der Waals surface area contributed by atoms with Crippen LogP contribution in [0.2, 0.25) is 0 Å². The van der Waals surface area contributed by atoms with Gasteiger partial charge in [-0.05, 0) is 78.7 Å². The lowest BCUT2D eigenvalue weighted by molar-refractivity contribution is 0.108. The Morgan fingerprint density at radius 1 is 1.06 bits per heavy atom. The van der Waals surface area contributed by atoms with Gasteiger partial charge in [-0.3, -0.25) is 0 Å². The van der Waals surface area contributed by atoms with Gasteiger partial charge in [-0.25, -0.2) is 0 Å². The second-order valence-corrected chi connectivity index (χ2v) is 6.67. The van der Waals surface area contributed by atoms with Gasteiger partial charge in [0.1, 0.15) is 0 Å². The fraction of sp³-hybridized carbons (Fsp3) is 1.00. The number of nitrogens with zero attached hydrogens (tertiary/aromatic N) is 2. The predicted octanol–water partition coefficient (Wildman–Crippen LogP) is 1.65. The van der Waals surface area contributed by atoms with Gasteiger partial charge in [0.2, 0.25) is 0 Å². The molecule has 3 nitrogen and oxygen atoms in total. The lowest BCUT2D eigenvalue weighted by Gasteiger charge is -2.40. The van der Waals surface area contributed by atoms with Crippen LogP contribution in [-0.4, -0.2) is 63.2 Å². The molecule has 1 saturated heterocycles. The Kier molecular flexibility index (Phi) is 5.05. The van der Waals surface area contributed by atoms with Gasteiger partial charge in [-0.2, -0.15) is 0 Å². The molecule has 2 unspecified atom stereocenters. The minimum absolute atomic E-state index is 0.773. The van der Waals surface area contributed by atoms with Crippen molar-refractivity contribution in [3.05, 3.63) is 0 Å². The third-order valence-corrected chi connectivity index (χ3v) is 5.17. The Morgan fingerprint density at radius 2 is 1.72 bits per heavy atom. The highest BCUT2D eigenvalue weighted by atomic mass is 15.2. The van der Waals surface area contributed by atoms with Gasteiger partial charge >= 0.3 is 0 Å². The fourth-order valence-corrected chi connectivity index (χ4v) is 4.23. The van der Waals surface area contributed by atoms with Crippen LogP contribution in [-0.2, 0) is 0 Å². The van der Waals surface area contributed by atoms with Gasteiger partial charge < -0.3 is 15.1 Å². The molecule has 1 heterocycles. The van der Waals surface area contributed by atoms with Crippen molar-refractivity contribution in [3.8, 4) is 0 Å². The number of likely N-dealkylation sites (tertiary alicyclic amines) is 1. The number of hydrogen-bond donors (Lipinski definition) is 1. The zero-order chi connectivity index (χ0) is 13.1. The first-order valence-electron chi connectivity index (χ1n) is 7.64. The highest BCUT2D eigenvalue weighted by Crippen LogP contribution is 2.35. The molecule has 0 aromatic rings. The molecule has 0 aromatic carbocycles. The second-order valence-electron chi connectivity index (χ2n) is 6.67. The molecule has 18 heavy (non-hydrogen) atoms. The summed E-state index contributed by atoms with van der Waals surface area (Å²) in [5.74, 6) is 1.81. The predicted molar refractivity (Wildman–Crippen MR) is 77.9 cm³/mol. The zero-order valence-electron chi connectivity index (χ0n) is 12.7. The Morgan fingerprint density at radius 3 is 2.17 bits per heavy atom. The number of nitrogens with one attached hydrogen (secondary N) is 1. The molecule has 2 rings (SSSR count). The van der Waals surface area contributed by atoms with Gasteiger partial charge in [-0.15, -0.1) is 0 Å². The maximum Gasteiger partial charge on any atom is 0.0158 e. The maximum absolute atomic E-state index is 3.45. The van der Waals surface area contributed by atoms with E-state index in [1.54, 1.807) is 0 Å². The third-order valence-electron chi connectivity index (χ3n) is 5.17. The summed E-state index contributed by atoms with van der Waals surface area (Å²) in [6, 6.07) is 1.57. The van der Waals surface area contributed by atoms with Gasteiger partial charge in [0.15, 0.2) is 0 Å². The summed E-state index contributed by atoms with van der Waals surface area (Å²) in [7, 11) is 8.95. The van der Waals surface area contributed by atoms with Crippen LogP contribution in [0.4, 0.5) is 0 Å². The molecule has 1 aliphatic carbocycles. The molecular weight excluding hydrogens is 222 g/mol. The summed E-state index contributed by atoms with van der Waals surface area (Å²) in [4.78, 5) is 5.01. The summed E-state index contributed by atoms with van der Waals surface area (Å²) < 4.78 is 0. The SMILES string of the molecule is CNC1CCC(C(C2CCN(C)C2)N(C)C)CC1. The van der Waals surface area contributed by atoms with Crippen molar-refractivity contribution < 1.29 is 0 Å². The van der Waals surface area contributed by atoms with Crippen LogP contribution in [0.3, 0.4) is 0 Å². The maximum atomic E-state index is 3.45. The molecule has 0 aromatic heterocycles. The van der Waals surface area contributed by atoms with E-state index in [-0.39, 0.29) is 0 Å². The Balaban J connectivity index is 1.94. The Hall–Kier alpha value is -0.120. The average Bonchev–Trinajstić information content (AvgIpc) is 2.76. The van der Waals surface area contributed by atoms with Crippen LogP contribution in [0, 0.1) is 11.8 Å². The summed E-state index contributed by atoms with van der Waals surface area (Å²) in [5.41, 5.74) is 0. The first-order valence-corrected chi connectivity index (χ1v) is 7.64. The van der Waals surface area contributed by atoms with Gasteiger partial charge in [0, 0.05) is 18.6 Å². The molecule has 2 atom stereocenters. The standard InChI is InChI=1S/C15H31N3/c1-16-14-7-5-12(6-8-14)15(17(2)3)13-9-10-18(4)11-13/h12-16H,5-11H2,1-4H3. The van der Waals surface area contributed by atoms with Crippen molar-refractivity contribution in [1.82, 2.24) is 15.1 Å². The second kappa shape index (κ2) is 6.36. The molecule has 0 bridgehead atoms. The fourth-order valence-electron chi connectivity index (χ4n) is 4.23. The normalized spacial score (nSPS) is 36.2. The van der Waals surface area contributed by atoms with E-state index in [0.29, 0.717) is 0 Å². The third kappa shape index (κ3) is 3.25. The average molecular weight is 253 g/mol. The Labute approximate surface area is 113 Å². The van der Waals surface area contributed by atoms with Crippen LogP contribution < -0.4 is 5.32 Å². The van der Waals surface area contributed by atoms with Crippen molar-refractivity contribution in [3.63, 3.8) is 0 Å². The van der Waals surface area contributed by atoms with Crippen molar-refractivity contribution in [1.29, 1.82) is 0 Å². The van der Waals surface area contributed by atoms with Crippen LogP contribution in [0.15, 0.2) is 0 Å². The van der Waals surface area contributed by atoms with Gasteiger partial charge in [0.05, 0.1) is 0 Å². The van der Waals surface area contributed by atoms with E-state index >= 15 is 0 Å². The summed E-state index contributed by atoms with van der Waals surface area (Å²) in [5, 5.41) is 3.45. The molecule has 2 aliphatic rings. The number of hydrogen-bond acceptors (Lipinski definition) is 3. The van der Waals surface area contributed by atoms with Crippen molar-refractivity contribution >= 4 is 0 Å². The van der Waals surface area contributed by atoms with Crippen LogP contribution >= 0.6 is 0 Å². The summed E-state index contributed by atoms with van der Waals surface area (Å²) in [6.07, 6.45) is 6.95. The minimum atomic E-state index is 0.773. The van der Waals surface area contributed by atoms with Crippen molar-refractivity contribution in [2.45, 2.75) is 44.2 Å². The molecule has 1 N–H and O–H groups in total. The number of rotatable bonds is 4. The molecule has 1 saturated carbocycles.